The first kappa shape index (κ1) is 16.2. The van der Waals surface area contributed by atoms with Crippen molar-refractivity contribution < 1.29 is 0 Å². The van der Waals surface area contributed by atoms with Crippen molar-refractivity contribution in [2.75, 3.05) is 13.1 Å². The van der Waals surface area contributed by atoms with E-state index >= 15 is 0 Å². The Balaban J connectivity index is 0.00000225. The second-order valence-corrected chi connectivity index (χ2v) is 6.09. The van der Waals surface area contributed by atoms with Crippen LogP contribution < -0.4 is 11.1 Å². The Kier molecular flexibility index (Phi) is 6.31. The highest BCUT2D eigenvalue weighted by molar-refractivity contribution is 5.85. The first-order valence-electron chi connectivity index (χ1n) is 6.38. The fraction of sp³-hybridized carbons (Fsp3) is 1.00. The minimum atomic E-state index is 0. The van der Waals surface area contributed by atoms with Crippen LogP contribution >= 0.6 is 12.4 Å². The molecular weight excluding hydrogens is 220 g/mol. The summed E-state index contributed by atoms with van der Waals surface area (Å²) >= 11 is 0. The third kappa shape index (κ3) is 4.60. The minimum absolute atomic E-state index is 0. The molecule has 1 fully saturated rings. The van der Waals surface area contributed by atoms with Crippen LogP contribution in [-0.2, 0) is 0 Å². The average Bonchev–Trinajstić information content (AvgIpc) is 3.01. The van der Waals surface area contributed by atoms with Crippen LogP contribution in [0.15, 0.2) is 0 Å². The molecule has 16 heavy (non-hydrogen) atoms. The van der Waals surface area contributed by atoms with Gasteiger partial charge in [0, 0.05) is 12.1 Å². The van der Waals surface area contributed by atoms with E-state index in [9.17, 15) is 0 Å². The number of halogens is 1. The molecule has 0 saturated heterocycles. The topological polar surface area (TPSA) is 38.0 Å². The maximum atomic E-state index is 5.87. The van der Waals surface area contributed by atoms with E-state index in [2.05, 4.69) is 33.0 Å². The number of hydrogen-bond acceptors (Lipinski definition) is 2. The SMILES string of the molecule is CCC(C)(C)CCNC(C)(CN)C1CC1.Cl. The number of nitrogens with two attached hydrogens (primary N) is 1. The molecule has 3 heteroatoms. The van der Waals surface area contributed by atoms with Gasteiger partial charge in [-0.2, -0.15) is 0 Å². The molecule has 0 aromatic heterocycles. The van der Waals surface area contributed by atoms with Crippen LogP contribution in [0.1, 0.15) is 53.4 Å². The van der Waals surface area contributed by atoms with Gasteiger partial charge in [0.05, 0.1) is 0 Å². The summed E-state index contributed by atoms with van der Waals surface area (Å²) in [7, 11) is 0. The zero-order chi connectivity index (χ0) is 11.5. The Morgan fingerprint density at radius 1 is 1.25 bits per heavy atom. The molecule has 0 aromatic carbocycles. The van der Waals surface area contributed by atoms with Gasteiger partial charge in [0.15, 0.2) is 0 Å². The molecule has 0 aliphatic heterocycles. The van der Waals surface area contributed by atoms with Gasteiger partial charge in [-0.25, -0.2) is 0 Å². The van der Waals surface area contributed by atoms with Crippen molar-refractivity contribution in [1.29, 1.82) is 0 Å². The van der Waals surface area contributed by atoms with Crippen LogP contribution in [0.2, 0.25) is 0 Å². The summed E-state index contributed by atoms with van der Waals surface area (Å²) in [5.74, 6) is 0.826. The van der Waals surface area contributed by atoms with Crippen molar-refractivity contribution in [3.8, 4) is 0 Å². The summed E-state index contributed by atoms with van der Waals surface area (Å²) in [6.45, 7) is 11.1. The van der Waals surface area contributed by atoms with Crippen molar-refractivity contribution in [2.24, 2.45) is 17.1 Å². The second-order valence-electron chi connectivity index (χ2n) is 6.09. The van der Waals surface area contributed by atoms with E-state index in [4.69, 9.17) is 5.73 Å². The van der Waals surface area contributed by atoms with Crippen molar-refractivity contribution in [3.05, 3.63) is 0 Å². The highest BCUT2D eigenvalue weighted by Crippen LogP contribution is 2.39. The van der Waals surface area contributed by atoms with Crippen LogP contribution in [0.3, 0.4) is 0 Å². The van der Waals surface area contributed by atoms with Crippen molar-refractivity contribution in [1.82, 2.24) is 5.32 Å². The standard InChI is InChI=1S/C13H28N2.ClH/c1-5-12(2,3)8-9-15-13(4,10-14)11-6-7-11;/h11,15H,5-10,14H2,1-4H3;1H. The second kappa shape index (κ2) is 6.23. The van der Waals surface area contributed by atoms with Crippen LogP contribution in [0.5, 0.6) is 0 Å². The molecule has 1 aliphatic carbocycles. The lowest BCUT2D eigenvalue weighted by molar-refractivity contribution is 0.265. The summed E-state index contributed by atoms with van der Waals surface area (Å²) < 4.78 is 0. The predicted octanol–water partition coefficient (Wildman–Crippen LogP) is 2.95. The maximum Gasteiger partial charge on any atom is 0.0303 e. The summed E-state index contributed by atoms with van der Waals surface area (Å²) in [6, 6.07) is 0. The molecule has 1 aliphatic rings. The molecule has 1 rings (SSSR count). The smallest absolute Gasteiger partial charge is 0.0303 e. The van der Waals surface area contributed by atoms with Crippen molar-refractivity contribution >= 4 is 12.4 Å². The molecule has 2 nitrogen and oxygen atoms in total. The fourth-order valence-electron chi connectivity index (χ4n) is 1.97. The van der Waals surface area contributed by atoms with Gasteiger partial charge in [-0.15, -0.1) is 12.4 Å². The van der Waals surface area contributed by atoms with E-state index in [0.29, 0.717) is 5.41 Å². The number of hydrogen-bond donors (Lipinski definition) is 2. The molecule has 0 aromatic rings. The quantitative estimate of drug-likeness (QED) is 0.727. The summed E-state index contributed by atoms with van der Waals surface area (Å²) in [5.41, 5.74) is 6.53. The normalized spacial score (nSPS) is 20.1. The maximum absolute atomic E-state index is 5.87. The van der Waals surface area contributed by atoms with Crippen molar-refractivity contribution in [2.45, 2.75) is 58.9 Å². The molecule has 0 heterocycles. The van der Waals surface area contributed by atoms with Gasteiger partial charge in [0.25, 0.3) is 0 Å². The molecule has 1 unspecified atom stereocenters. The molecular formula is C13H29ClN2. The average molecular weight is 249 g/mol. The Morgan fingerprint density at radius 3 is 2.19 bits per heavy atom. The lowest BCUT2D eigenvalue weighted by atomic mass is 9.86. The van der Waals surface area contributed by atoms with Crippen LogP contribution in [-0.4, -0.2) is 18.6 Å². The molecule has 0 spiro atoms. The molecule has 0 radical (unpaired) electrons. The van der Waals surface area contributed by atoms with E-state index in [-0.39, 0.29) is 17.9 Å². The monoisotopic (exact) mass is 248 g/mol. The van der Waals surface area contributed by atoms with Gasteiger partial charge >= 0.3 is 0 Å². The first-order chi connectivity index (χ1) is 6.93. The van der Waals surface area contributed by atoms with Crippen LogP contribution in [0.4, 0.5) is 0 Å². The minimum Gasteiger partial charge on any atom is -0.329 e. The molecule has 0 bridgehead atoms. The molecule has 98 valence electrons. The van der Waals surface area contributed by atoms with Gasteiger partial charge in [0.1, 0.15) is 0 Å². The van der Waals surface area contributed by atoms with Gasteiger partial charge in [0.2, 0.25) is 0 Å². The Morgan fingerprint density at radius 2 is 1.81 bits per heavy atom. The van der Waals surface area contributed by atoms with Gasteiger partial charge in [-0.3, -0.25) is 0 Å². The third-order valence-electron chi connectivity index (χ3n) is 4.19. The van der Waals surface area contributed by atoms with E-state index in [0.717, 1.165) is 19.0 Å². The largest absolute Gasteiger partial charge is 0.329 e. The molecule has 1 atom stereocenters. The summed E-state index contributed by atoms with van der Waals surface area (Å²) in [6.07, 6.45) is 5.21. The Bertz CT molecular complexity index is 202. The lowest BCUT2D eigenvalue weighted by Crippen LogP contribution is -2.51. The van der Waals surface area contributed by atoms with E-state index < -0.39 is 0 Å². The van der Waals surface area contributed by atoms with Gasteiger partial charge in [-0.05, 0) is 44.1 Å². The first-order valence-corrected chi connectivity index (χ1v) is 6.38. The van der Waals surface area contributed by atoms with E-state index in [1.165, 1.54) is 25.7 Å². The van der Waals surface area contributed by atoms with Crippen LogP contribution in [0.25, 0.3) is 0 Å². The zero-order valence-corrected chi connectivity index (χ0v) is 12.1. The fourth-order valence-corrected chi connectivity index (χ4v) is 1.97. The van der Waals surface area contributed by atoms with Gasteiger partial charge < -0.3 is 11.1 Å². The molecule has 3 N–H and O–H groups in total. The predicted molar refractivity (Wildman–Crippen MR) is 74.1 cm³/mol. The zero-order valence-electron chi connectivity index (χ0n) is 11.3. The molecule has 0 amide bonds. The Labute approximate surface area is 107 Å². The lowest BCUT2D eigenvalue weighted by Gasteiger charge is -2.32. The van der Waals surface area contributed by atoms with Crippen molar-refractivity contribution in [3.63, 3.8) is 0 Å². The van der Waals surface area contributed by atoms with E-state index in [1.807, 2.05) is 0 Å². The van der Waals surface area contributed by atoms with E-state index in [1.54, 1.807) is 0 Å². The van der Waals surface area contributed by atoms with Gasteiger partial charge in [-0.1, -0.05) is 27.2 Å². The number of rotatable bonds is 7. The summed E-state index contributed by atoms with van der Waals surface area (Å²) in [5, 5.41) is 3.67. The van der Waals surface area contributed by atoms with Crippen LogP contribution in [0, 0.1) is 11.3 Å². The number of nitrogens with one attached hydrogen (secondary N) is 1. The summed E-state index contributed by atoms with van der Waals surface area (Å²) in [4.78, 5) is 0. The molecule has 1 saturated carbocycles. The third-order valence-corrected chi connectivity index (χ3v) is 4.19. The highest BCUT2D eigenvalue weighted by Gasteiger charge is 2.39. The Hall–Kier alpha value is 0.210. The highest BCUT2D eigenvalue weighted by atomic mass is 35.5.